The number of aromatic nitrogens is 1. The number of rotatable bonds is 8. The average molecular weight is 538 g/mol. The highest BCUT2D eigenvalue weighted by atomic mass is 16.5. The van der Waals surface area contributed by atoms with E-state index in [-0.39, 0.29) is 18.4 Å². The van der Waals surface area contributed by atoms with E-state index in [4.69, 9.17) is 8.94 Å². The molecule has 2 aromatic heterocycles. The highest BCUT2D eigenvalue weighted by molar-refractivity contribution is 5.83. The third-order valence-electron chi connectivity index (χ3n) is 7.07. The molecule has 0 fully saturated rings. The Hall–Kier alpha value is -4.85. The summed E-state index contributed by atoms with van der Waals surface area (Å²) in [6.45, 7) is 7.59. The van der Waals surface area contributed by atoms with E-state index >= 15 is 0 Å². The summed E-state index contributed by atoms with van der Waals surface area (Å²) < 4.78 is 11.3. The van der Waals surface area contributed by atoms with Gasteiger partial charge in [-0.25, -0.2) is 4.79 Å². The van der Waals surface area contributed by atoms with Crippen LogP contribution in [0.1, 0.15) is 62.7 Å². The van der Waals surface area contributed by atoms with Gasteiger partial charge in [0.25, 0.3) is 0 Å². The fourth-order valence-electron chi connectivity index (χ4n) is 5.21. The molecule has 3 aromatic carbocycles. The lowest BCUT2D eigenvalue weighted by Crippen LogP contribution is -2.31. The number of nitrogens with zero attached hydrogens (tertiary/aromatic N) is 1. The SMILES string of the molecule is Cc1ccc(C(NC(=O)Cc2ccc3oc(C(NC(=O)O)c4c(C)noc4C)cc3c2)c2ccccc2)c(C)c1. The summed E-state index contributed by atoms with van der Waals surface area (Å²) in [5.74, 6) is 0.802. The number of aryl methyl sites for hydroxylation is 4. The number of furan rings is 1. The first kappa shape index (κ1) is 26.7. The van der Waals surface area contributed by atoms with Gasteiger partial charge >= 0.3 is 6.09 Å². The minimum Gasteiger partial charge on any atom is -0.465 e. The van der Waals surface area contributed by atoms with E-state index in [0.717, 1.165) is 27.6 Å². The summed E-state index contributed by atoms with van der Waals surface area (Å²) >= 11 is 0. The maximum Gasteiger partial charge on any atom is 0.405 e. The van der Waals surface area contributed by atoms with Crippen molar-refractivity contribution in [2.75, 3.05) is 0 Å². The van der Waals surface area contributed by atoms with Gasteiger partial charge in [-0.05, 0) is 68.1 Å². The normalized spacial score (nSPS) is 12.7. The number of fused-ring (bicyclic) bond motifs is 1. The summed E-state index contributed by atoms with van der Waals surface area (Å²) in [6.07, 6.45) is -1.02. The van der Waals surface area contributed by atoms with Crippen molar-refractivity contribution in [1.29, 1.82) is 0 Å². The van der Waals surface area contributed by atoms with E-state index in [0.29, 0.717) is 28.4 Å². The molecule has 2 heterocycles. The lowest BCUT2D eigenvalue weighted by molar-refractivity contribution is -0.120. The van der Waals surface area contributed by atoms with Crippen LogP contribution in [0.15, 0.2) is 81.7 Å². The van der Waals surface area contributed by atoms with E-state index in [9.17, 15) is 14.7 Å². The van der Waals surface area contributed by atoms with E-state index in [2.05, 4.69) is 47.8 Å². The minimum absolute atomic E-state index is 0.113. The first-order valence-corrected chi connectivity index (χ1v) is 13.1. The van der Waals surface area contributed by atoms with Crippen molar-refractivity contribution in [2.45, 2.75) is 46.2 Å². The van der Waals surface area contributed by atoms with E-state index in [1.54, 1.807) is 26.0 Å². The third-order valence-corrected chi connectivity index (χ3v) is 7.07. The molecule has 204 valence electrons. The molecule has 5 rings (SSSR count). The monoisotopic (exact) mass is 537 g/mol. The predicted molar refractivity (Wildman–Crippen MR) is 151 cm³/mol. The maximum atomic E-state index is 13.3. The van der Waals surface area contributed by atoms with Crippen molar-refractivity contribution in [3.63, 3.8) is 0 Å². The van der Waals surface area contributed by atoms with Crippen LogP contribution >= 0.6 is 0 Å². The fourth-order valence-corrected chi connectivity index (χ4v) is 5.21. The van der Waals surface area contributed by atoms with Crippen molar-refractivity contribution in [3.05, 3.63) is 123 Å². The fraction of sp³-hybridized carbons (Fsp3) is 0.219. The van der Waals surface area contributed by atoms with Gasteiger partial charge in [-0.1, -0.05) is 65.3 Å². The van der Waals surface area contributed by atoms with Crippen LogP contribution in [0.4, 0.5) is 4.79 Å². The average Bonchev–Trinajstić information content (AvgIpc) is 3.49. The third kappa shape index (κ3) is 5.61. The van der Waals surface area contributed by atoms with Crippen molar-refractivity contribution in [1.82, 2.24) is 15.8 Å². The Morgan fingerprint density at radius 2 is 1.68 bits per heavy atom. The molecular weight excluding hydrogens is 506 g/mol. The largest absolute Gasteiger partial charge is 0.465 e. The van der Waals surface area contributed by atoms with Crippen LogP contribution in [0.2, 0.25) is 0 Å². The van der Waals surface area contributed by atoms with Crippen molar-refractivity contribution in [3.8, 4) is 0 Å². The number of benzene rings is 3. The number of carbonyl (C=O) groups is 2. The van der Waals surface area contributed by atoms with Gasteiger partial charge in [0.1, 0.15) is 23.1 Å². The molecule has 40 heavy (non-hydrogen) atoms. The zero-order valence-electron chi connectivity index (χ0n) is 22.8. The zero-order valence-corrected chi connectivity index (χ0v) is 22.8. The molecule has 0 saturated heterocycles. The number of carboxylic acid groups (broad SMARTS) is 1. The quantitative estimate of drug-likeness (QED) is 0.209. The van der Waals surface area contributed by atoms with Crippen LogP contribution in [-0.4, -0.2) is 22.3 Å². The number of carbonyl (C=O) groups excluding carboxylic acids is 1. The van der Waals surface area contributed by atoms with Crippen molar-refractivity contribution >= 4 is 23.0 Å². The molecule has 0 aliphatic carbocycles. The van der Waals surface area contributed by atoms with Crippen LogP contribution in [0.3, 0.4) is 0 Å². The first-order valence-electron chi connectivity index (χ1n) is 13.1. The second kappa shape index (κ2) is 11.1. The Morgan fingerprint density at radius 1 is 0.900 bits per heavy atom. The number of nitrogens with one attached hydrogen (secondary N) is 2. The van der Waals surface area contributed by atoms with Gasteiger partial charge < -0.3 is 24.7 Å². The minimum atomic E-state index is -1.19. The maximum absolute atomic E-state index is 13.3. The first-order chi connectivity index (χ1) is 19.2. The summed E-state index contributed by atoms with van der Waals surface area (Å²) in [5, 5.41) is 19.9. The Bertz CT molecular complexity index is 1670. The molecule has 0 saturated carbocycles. The van der Waals surface area contributed by atoms with Gasteiger partial charge in [0.2, 0.25) is 5.91 Å². The summed E-state index contributed by atoms with van der Waals surface area (Å²) in [7, 11) is 0. The van der Waals surface area contributed by atoms with Gasteiger partial charge in [0.15, 0.2) is 0 Å². The number of amides is 2. The molecule has 8 nitrogen and oxygen atoms in total. The summed E-state index contributed by atoms with van der Waals surface area (Å²) in [4.78, 5) is 24.9. The van der Waals surface area contributed by atoms with Crippen LogP contribution in [-0.2, 0) is 11.2 Å². The summed E-state index contributed by atoms with van der Waals surface area (Å²) in [5.41, 5.74) is 6.92. The summed E-state index contributed by atoms with van der Waals surface area (Å²) in [6, 6.07) is 22.4. The van der Waals surface area contributed by atoms with Gasteiger partial charge in [-0.3, -0.25) is 4.79 Å². The standard InChI is InChI=1S/C32H31N3O5/c1-18-10-12-25(19(2)14-18)30(23-8-6-5-7-9-23)33-28(36)16-22-11-13-26-24(15-22)17-27(39-26)31(34-32(37)38)29-20(3)35-40-21(29)4/h5-15,17,30-31,34H,16H2,1-4H3,(H,33,36)(H,37,38). The molecule has 2 unspecified atom stereocenters. The molecule has 8 heteroatoms. The zero-order chi connectivity index (χ0) is 28.4. The highest BCUT2D eigenvalue weighted by Crippen LogP contribution is 2.32. The van der Waals surface area contributed by atoms with E-state index in [1.165, 1.54) is 5.56 Å². The van der Waals surface area contributed by atoms with Gasteiger partial charge in [0, 0.05) is 10.9 Å². The molecular formula is C32H31N3O5. The second-order valence-electron chi connectivity index (χ2n) is 10.1. The van der Waals surface area contributed by atoms with Crippen LogP contribution < -0.4 is 10.6 Å². The molecule has 5 aromatic rings. The molecule has 2 atom stereocenters. The molecule has 2 amide bonds. The lowest BCUT2D eigenvalue weighted by Gasteiger charge is -2.22. The lowest BCUT2D eigenvalue weighted by atomic mass is 9.93. The Balaban J connectivity index is 1.40. The predicted octanol–water partition coefficient (Wildman–Crippen LogP) is 6.46. The Kier molecular flexibility index (Phi) is 7.42. The van der Waals surface area contributed by atoms with Gasteiger partial charge in [0.05, 0.1) is 18.2 Å². The number of hydrogen-bond donors (Lipinski definition) is 3. The number of hydrogen-bond acceptors (Lipinski definition) is 5. The molecule has 0 aliphatic heterocycles. The molecule has 3 N–H and O–H groups in total. The van der Waals surface area contributed by atoms with Gasteiger partial charge in [-0.2, -0.15) is 0 Å². The highest BCUT2D eigenvalue weighted by Gasteiger charge is 2.27. The van der Waals surface area contributed by atoms with Crippen LogP contribution in [0, 0.1) is 27.7 Å². The topological polar surface area (TPSA) is 118 Å². The van der Waals surface area contributed by atoms with E-state index < -0.39 is 12.1 Å². The van der Waals surface area contributed by atoms with Crippen LogP contribution in [0.25, 0.3) is 11.0 Å². The van der Waals surface area contributed by atoms with Gasteiger partial charge in [-0.15, -0.1) is 0 Å². The Morgan fingerprint density at radius 3 is 2.35 bits per heavy atom. The molecule has 0 aliphatic rings. The second-order valence-corrected chi connectivity index (χ2v) is 10.1. The van der Waals surface area contributed by atoms with E-state index in [1.807, 2.05) is 42.5 Å². The molecule has 0 spiro atoms. The Labute approximate surface area is 232 Å². The van der Waals surface area contributed by atoms with Crippen molar-refractivity contribution in [2.24, 2.45) is 0 Å². The smallest absolute Gasteiger partial charge is 0.405 e. The molecule has 0 bridgehead atoms. The van der Waals surface area contributed by atoms with Crippen LogP contribution in [0.5, 0.6) is 0 Å². The van der Waals surface area contributed by atoms with Crippen molar-refractivity contribution < 1.29 is 23.6 Å². The molecule has 0 radical (unpaired) electrons.